The van der Waals surface area contributed by atoms with Crippen LogP contribution in [-0.4, -0.2) is 11.7 Å². The Balaban J connectivity index is 1.76. The van der Waals surface area contributed by atoms with Gasteiger partial charge in [0.15, 0.2) is 5.11 Å². The van der Waals surface area contributed by atoms with E-state index in [4.69, 9.17) is 28.6 Å². The summed E-state index contributed by atoms with van der Waals surface area (Å²) >= 11 is 12.1. The molecule has 0 amide bonds. The van der Waals surface area contributed by atoms with Crippen molar-refractivity contribution in [2.45, 2.75) is 38.1 Å². The van der Waals surface area contributed by atoms with Crippen LogP contribution in [0.5, 0.6) is 5.75 Å². The van der Waals surface area contributed by atoms with Crippen molar-refractivity contribution < 1.29 is 4.74 Å². The van der Waals surface area contributed by atoms with Crippen LogP contribution in [0, 0.1) is 0 Å². The number of thiocarbonyl (C=S) groups is 1. The van der Waals surface area contributed by atoms with Crippen molar-refractivity contribution in [1.29, 1.82) is 0 Å². The highest BCUT2D eigenvalue weighted by atomic mass is 35.5. The fraction of sp³-hybridized carbons (Fsp3) is 0.350. The lowest BCUT2D eigenvalue weighted by Crippen LogP contribution is -2.45. The lowest BCUT2D eigenvalue weighted by atomic mass is 9.88. The highest BCUT2D eigenvalue weighted by Crippen LogP contribution is 2.41. The van der Waals surface area contributed by atoms with Crippen LogP contribution < -0.4 is 15.4 Å². The Hall–Kier alpha value is -1.78. The Labute approximate surface area is 159 Å². The van der Waals surface area contributed by atoms with Gasteiger partial charge in [-0.15, -0.1) is 0 Å². The van der Waals surface area contributed by atoms with Crippen LogP contribution in [0.15, 0.2) is 48.5 Å². The third-order valence-corrected chi connectivity index (χ3v) is 5.14. The lowest BCUT2D eigenvalue weighted by molar-refractivity contribution is 0.340. The van der Waals surface area contributed by atoms with Crippen LogP contribution in [0.2, 0.25) is 5.02 Å². The summed E-state index contributed by atoms with van der Waals surface area (Å²) < 4.78 is 5.55. The Morgan fingerprint density at radius 3 is 2.64 bits per heavy atom. The van der Waals surface area contributed by atoms with Gasteiger partial charge in [0.2, 0.25) is 0 Å². The molecule has 5 heteroatoms. The maximum absolute atomic E-state index is 6.47. The first-order valence-corrected chi connectivity index (χ1v) is 9.49. The zero-order valence-electron chi connectivity index (χ0n) is 14.3. The van der Waals surface area contributed by atoms with Crippen LogP contribution in [0.1, 0.15) is 38.2 Å². The second-order valence-electron chi connectivity index (χ2n) is 6.31. The summed E-state index contributed by atoms with van der Waals surface area (Å²) in [6.07, 6.45) is 4.39. The molecule has 25 heavy (non-hydrogen) atoms. The van der Waals surface area contributed by atoms with Gasteiger partial charge in [-0.1, -0.05) is 48.7 Å². The highest BCUT2D eigenvalue weighted by molar-refractivity contribution is 7.80. The number of halogens is 1. The number of rotatable bonds is 5. The minimum Gasteiger partial charge on any atom is -0.494 e. The number of hydrogen-bond donors (Lipinski definition) is 2. The largest absolute Gasteiger partial charge is 0.494 e. The van der Waals surface area contributed by atoms with E-state index < -0.39 is 0 Å². The van der Waals surface area contributed by atoms with E-state index in [1.165, 1.54) is 12.8 Å². The molecule has 1 fully saturated rings. The average molecular weight is 375 g/mol. The summed E-state index contributed by atoms with van der Waals surface area (Å²) in [5.74, 6) is 0.831. The zero-order valence-corrected chi connectivity index (χ0v) is 15.9. The summed E-state index contributed by atoms with van der Waals surface area (Å²) in [7, 11) is 0. The first kappa shape index (κ1) is 18.0. The van der Waals surface area contributed by atoms with Gasteiger partial charge in [-0.05, 0) is 55.7 Å². The smallest absolute Gasteiger partial charge is 0.171 e. The van der Waals surface area contributed by atoms with E-state index in [1.54, 1.807) is 0 Å². The van der Waals surface area contributed by atoms with E-state index in [1.807, 2.05) is 49.4 Å². The first-order chi connectivity index (χ1) is 12.1. The van der Waals surface area contributed by atoms with E-state index in [-0.39, 0.29) is 5.54 Å². The van der Waals surface area contributed by atoms with E-state index >= 15 is 0 Å². The molecule has 1 saturated carbocycles. The van der Waals surface area contributed by atoms with Gasteiger partial charge in [-0.3, -0.25) is 0 Å². The molecular weight excluding hydrogens is 352 g/mol. The summed E-state index contributed by atoms with van der Waals surface area (Å²) in [6.45, 7) is 2.61. The number of hydrogen-bond acceptors (Lipinski definition) is 2. The van der Waals surface area contributed by atoms with Crippen LogP contribution in [0.25, 0.3) is 0 Å². The zero-order chi connectivity index (χ0) is 17.7. The molecule has 2 aromatic rings. The van der Waals surface area contributed by atoms with Gasteiger partial charge >= 0.3 is 0 Å². The maximum Gasteiger partial charge on any atom is 0.171 e. The fourth-order valence-corrected chi connectivity index (χ4v) is 4.13. The summed E-state index contributed by atoms with van der Waals surface area (Å²) in [6, 6.07) is 15.9. The minimum atomic E-state index is -0.194. The van der Waals surface area contributed by atoms with E-state index in [0.717, 1.165) is 34.9 Å². The molecule has 0 aromatic heterocycles. The number of nitrogens with one attached hydrogen (secondary N) is 2. The monoisotopic (exact) mass is 374 g/mol. The molecule has 0 atom stereocenters. The predicted octanol–water partition coefficient (Wildman–Crippen LogP) is 5.49. The highest BCUT2D eigenvalue weighted by Gasteiger charge is 2.37. The Morgan fingerprint density at radius 1 is 1.16 bits per heavy atom. The lowest BCUT2D eigenvalue weighted by Gasteiger charge is -2.33. The molecule has 0 saturated heterocycles. The molecule has 2 N–H and O–H groups in total. The molecule has 132 valence electrons. The van der Waals surface area contributed by atoms with Crippen LogP contribution in [0.4, 0.5) is 5.69 Å². The van der Waals surface area contributed by atoms with Gasteiger partial charge in [0.05, 0.1) is 12.1 Å². The Bertz CT molecular complexity index is 744. The van der Waals surface area contributed by atoms with E-state index in [2.05, 4.69) is 16.7 Å². The Kier molecular flexibility index (Phi) is 5.82. The van der Waals surface area contributed by atoms with Crippen LogP contribution in [0.3, 0.4) is 0 Å². The molecule has 0 heterocycles. The molecule has 0 aliphatic heterocycles. The molecule has 2 aromatic carbocycles. The van der Waals surface area contributed by atoms with E-state index in [9.17, 15) is 0 Å². The van der Waals surface area contributed by atoms with E-state index in [0.29, 0.717) is 11.7 Å². The second kappa shape index (κ2) is 8.07. The van der Waals surface area contributed by atoms with Crippen LogP contribution in [-0.2, 0) is 5.54 Å². The molecule has 1 aliphatic rings. The molecule has 1 aliphatic carbocycles. The first-order valence-electron chi connectivity index (χ1n) is 8.70. The molecule has 3 rings (SSSR count). The minimum absolute atomic E-state index is 0.194. The van der Waals surface area contributed by atoms with Crippen molar-refractivity contribution in [3.05, 3.63) is 59.1 Å². The summed E-state index contributed by atoms with van der Waals surface area (Å²) in [4.78, 5) is 0. The van der Waals surface area contributed by atoms with Gasteiger partial charge in [0, 0.05) is 16.8 Å². The number of anilines is 1. The van der Waals surface area contributed by atoms with Crippen molar-refractivity contribution in [3.8, 4) is 5.75 Å². The maximum atomic E-state index is 6.47. The van der Waals surface area contributed by atoms with Gasteiger partial charge in [0.25, 0.3) is 0 Å². The molecule has 0 bridgehead atoms. The SMILES string of the molecule is CCOc1cccc(NC(=S)NC2(c3ccccc3Cl)CCCC2)c1. The molecule has 0 radical (unpaired) electrons. The second-order valence-corrected chi connectivity index (χ2v) is 7.12. The Morgan fingerprint density at radius 2 is 1.92 bits per heavy atom. The molecule has 0 spiro atoms. The quantitative estimate of drug-likeness (QED) is 0.677. The molecule has 3 nitrogen and oxygen atoms in total. The average Bonchev–Trinajstić information content (AvgIpc) is 3.05. The van der Waals surface area contributed by atoms with Crippen molar-refractivity contribution in [2.75, 3.05) is 11.9 Å². The number of benzene rings is 2. The summed E-state index contributed by atoms with van der Waals surface area (Å²) in [5.41, 5.74) is 1.84. The molecular formula is C20H23ClN2OS. The molecule has 0 unspecified atom stereocenters. The topological polar surface area (TPSA) is 33.3 Å². The normalized spacial score (nSPS) is 15.6. The third kappa shape index (κ3) is 4.25. The van der Waals surface area contributed by atoms with Crippen molar-refractivity contribution >= 4 is 34.6 Å². The number of ether oxygens (including phenoxy) is 1. The summed E-state index contributed by atoms with van der Waals surface area (Å²) in [5, 5.41) is 8.22. The van der Waals surface area contributed by atoms with Crippen LogP contribution >= 0.6 is 23.8 Å². The van der Waals surface area contributed by atoms with Gasteiger partial charge in [-0.2, -0.15) is 0 Å². The standard InChI is InChI=1S/C20H23ClN2OS/c1-2-24-16-9-7-8-15(14-16)22-19(25)23-20(12-5-6-13-20)17-10-3-4-11-18(17)21/h3-4,7-11,14H,2,5-6,12-13H2,1H3,(H2,22,23,25). The van der Waals surface area contributed by atoms with Crippen molar-refractivity contribution in [3.63, 3.8) is 0 Å². The van der Waals surface area contributed by atoms with Crippen molar-refractivity contribution in [2.24, 2.45) is 0 Å². The van der Waals surface area contributed by atoms with Crippen molar-refractivity contribution in [1.82, 2.24) is 5.32 Å². The fourth-order valence-electron chi connectivity index (χ4n) is 3.50. The predicted molar refractivity (Wildman–Crippen MR) is 109 cm³/mol. The van der Waals surface area contributed by atoms with Gasteiger partial charge < -0.3 is 15.4 Å². The van der Waals surface area contributed by atoms with Gasteiger partial charge in [0.1, 0.15) is 5.75 Å². The van der Waals surface area contributed by atoms with Gasteiger partial charge in [-0.25, -0.2) is 0 Å². The third-order valence-electron chi connectivity index (χ3n) is 4.60.